The van der Waals surface area contributed by atoms with Crippen LogP contribution in [0.25, 0.3) is 6.08 Å². The SMILES string of the molecule is CC(C)c1ccc(/C=C2/Oc3cc(N)ccc3N(CCN(C)C)C2=O)cc1. The number of fused-ring (bicyclic) bond motifs is 1. The van der Waals surface area contributed by atoms with Crippen LogP contribution < -0.4 is 15.4 Å². The Morgan fingerprint density at radius 3 is 2.48 bits per heavy atom. The third kappa shape index (κ3) is 4.31. The van der Waals surface area contributed by atoms with Crippen molar-refractivity contribution in [1.29, 1.82) is 0 Å². The Hall–Kier alpha value is -2.79. The van der Waals surface area contributed by atoms with Gasteiger partial charge in [0.1, 0.15) is 0 Å². The molecule has 0 spiro atoms. The Morgan fingerprint density at radius 2 is 1.85 bits per heavy atom. The standard InChI is InChI=1S/C22H27N3O2/c1-15(2)17-7-5-16(6-8-17)13-21-22(26)25(12-11-24(3)4)19-10-9-18(23)14-20(19)27-21/h5-10,13-15H,11-12,23H2,1-4H3/b21-13+. The molecular weight excluding hydrogens is 338 g/mol. The third-order valence-corrected chi connectivity index (χ3v) is 4.62. The molecule has 1 aliphatic heterocycles. The normalized spacial score (nSPS) is 15.4. The predicted octanol–water partition coefficient (Wildman–Crippen LogP) is 3.72. The summed E-state index contributed by atoms with van der Waals surface area (Å²) in [6.45, 7) is 5.65. The van der Waals surface area contributed by atoms with E-state index in [0.29, 0.717) is 29.7 Å². The highest BCUT2D eigenvalue weighted by Crippen LogP contribution is 2.37. The molecule has 2 aromatic rings. The van der Waals surface area contributed by atoms with Crippen LogP contribution in [-0.2, 0) is 4.79 Å². The second kappa shape index (κ2) is 7.84. The number of anilines is 2. The summed E-state index contributed by atoms with van der Waals surface area (Å²) in [7, 11) is 3.98. The molecule has 2 N–H and O–H groups in total. The van der Waals surface area contributed by atoms with Crippen LogP contribution in [0.5, 0.6) is 5.75 Å². The molecule has 142 valence electrons. The summed E-state index contributed by atoms with van der Waals surface area (Å²) in [5.41, 5.74) is 9.47. The molecule has 0 radical (unpaired) electrons. The first-order valence-corrected chi connectivity index (χ1v) is 9.21. The van der Waals surface area contributed by atoms with Gasteiger partial charge in [0.25, 0.3) is 5.91 Å². The number of benzene rings is 2. The number of rotatable bonds is 5. The molecule has 0 unspecified atom stereocenters. The zero-order chi connectivity index (χ0) is 19.6. The number of carbonyl (C=O) groups excluding carboxylic acids is 1. The number of nitrogens with two attached hydrogens (primary N) is 1. The van der Waals surface area contributed by atoms with Crippen molar-refractivity contribution in [1.82, 2.24) is 4.90 Å². The Kier molecular flexibility index (Phi) is 5.51. The van der Waals surface area contributed by atoms with E-state index in [4.69, 9.17) is 10.5 Å². The first-order chi connectivity index (χ1) is 12.8. The van der Waals surface area contributed by atoms with Crippen LogP contribution in [0, 0.1) is 0 Å². The minimum Gasteiger partial charge on any atom is -0.449 e. The highest BCUT2D eigenvalue weighted by atomic mass is 16.5. The summed E-state index contributed by atoms with van der Waals surface area (Å²) in [4.78, 5) is 16.9. The van der Waals surface area contributed by atoms with Crippen LogP contribution in [0.1, 0.15) is 30.9 Å². The van der Waals surface area contributed by atoms with Crippen LogP contribution in [0.4, 0.5) is 11.4 Å². The van der Waals surface area contributed by atoms with E-state index in [-0.39, 0.29) is 5.91 Å². The van der Waals surface area contributed by atoms with Gasteiger partial charge in [-0.3, -0.25) is 4.79 Å². The molecule has 0 bridgehead atoms. The summed E-state index contributed by atoms with van der Waals surface area (Å²) in [6, 6.07) is 13.6. The van der Waals surface area contributed by atoms with E-state index < -0.39 is 0 Å². The van der Waals surface area contributed by atoms with Crippen molar-refractivity contribution >= 4 is 23.4 Å². The van der Waals surface area contributed by atoms with Gasteiger partial charge in [0.2, 0.25) is 0 Å². The topological polar surface area (TPSA) is 58.8 Å². The Balaban J connectivity index is 1.95. The molecule has 0 fully saturated rings. The van der Waals surface area contributed by atoms with E-state index in [1.165, 1.54) is 5.56 Å². The lowest BCUT2D eigenvalue weighted by Gasteiger charge is -2.31. The van der Waals surface area contributed by atoms with Crippen molar-refractivity contribution < 1.29 is 9.53 Å². The maximum absolute atomic E-state index is 13.0. The summed E-state index contributed by atoms with van der Waals surface area (Å²) in [5.74, 6) is 1.25. The molecule has 1 aliphatic rings. The number of hydrogen-bond donors (Lipinski definition) is 1. The zero-order valence-electron chi connectivity index (χ0n) is 16.4. The molecule has 0 saturated carbocycles. The van der Waals surface area contributed by atoms with Crippen molar-refractivity contribution in [2.24, 2.45) is 0 Å². The summed E-state index contributed by atoms with van der Waals surface area (Å²) in [5, 5.41) is 0. The van der Waals surface area contributed by atoms with Crippen molar-refractivity contribution in [3.63, 3.8) is 0 Å². The van der Waals surface area contributed by atoms with Gasteiger partial charge in [-0.1, -0.05) is 38.1 Å². The quantitative estimate of drug-likeness (QED) is 0.648. The number of carbonyl (C=O) groups is 1. The van der Waals surface area contributed by atoms with Gasteiger partial charge in [0, 0.05) is 24.8 Å². The zero-order valence-corrected chi connectivity index (χ0v) is 16.4. The van der Waals surface area contributed by atoms with Crippen molar-refractivity contribution in [2.45, 2.75) is 19.8 Å². The van der Waals surface area contributed by atoms with Gasteiger partial charge >= 0.3 is 0 Å². The summed E-state index contributed by atoms with van der Waals surface area (Å²) >= 11 is 0. The maximum atomic E-state index is 13.0. The van der Waals surface area contributed by atoms with Gasteiger partial charge in [-0.2, -0.15) is 0 Å². The number of amides is 1. The molecule has 0 aromatic heterocycles. The first kappa shape index (κ1) is 19.0. The Morgan fingerprint density at radius 1 is 1.15 bits per heavy atom. The molecule has 0 atom stereocenters. The van der Waals surface area contributed by atoms with Gasteiger partial charge < -0.3 is 20.3 Å². The minimum absolute atomic E-state index is 0.137. The van der Waals surface area contributed by atoms with Gasteiger partial charge in [-0.05, 0) is 49.3 Å². The number of nitrogens with zero attached hydrogens (tertiary/aromatic N) is 2. The van der Waals surface area contributed by atoms with Crippen LogP contribution in [0.15, 0.2) is 48.2 Å². The molecule has 1 heterocycles. The summed E-state index contributed by atoms with van der Waals surface area (Å²) in [6.07, 6.45) is 1.79. The molecular formula is C22H27N3O2. The van der Waals surface area contributed by atoms with E-state index in [0.717, 1.165) is 17.8 Å². The molecule has 3 rings (SSSR count). The van der Waals surface area contributed by atoms with Gasteiger partial charge in [-0.15, -0.1) is 0 Å². The molecule has 27 heavy (non-hydrogen) atoms. The van der Waals surface area contributed by atoms with E-state index >= 15 is 0 Å². The van der Waals surface area contributed by atoms with Crippen LogP contribution in [0.3, 0.4) is 0 Å². The van der Waals surface area contributed by atoms with E-state index in [9.17, 15) is 4.79 Å². The smallest absolute Gasteiger partial charge is 0.294 e. The maximum Gasteiger partial charge on any atom is 0.294 e. The van der Waals surface area contributed by atoms with Crippen LogP contribution in [-0.4, -0.2) is 38.0 Å². The number of hydrogen-bond acceptors (Lipinski definition) is 4. The molecule has 5 nitrogen and oxygen atoms in total. The third-order valence-electron chi connectivity index (χ3n) is 4.62. The largest absolute Gasteiger partial charge is 0.449 e. The second-order valence-corrected chi connectivity index (χ2v) is 7.42. The van der Waals surface area contributed by atoms with Crippen molar-refractivity contribution in [2.75, 3.05) is 37.8 Å². The van der Waals surface area contributed by atoms with Crippen molar-refractivity contribution in [3.8, 4) is 5.75 Å². The van der Waals surface area contributed by atoms with E-state index in [1.807, 2.05) is 37.2 Å². The van der Waals surface area contributed by atoms with E-state index in [1.54, 1.807) is 23.1 Å². The number of ether oxygens (including phenoxy) is 1. The molecule has 0 saturated heterocycles. The molecule has 5 heteroatoms. The number of nitrogen functional groups attached to an aromatic ring is 1. The Labute approximate surface area is 161 Å². The lowest BCUT2D eigenvalue weighted by atomic mass is 10.0. The fourth-order valence-corrected chi connectivity index (χ4v) is 2.98. The molecule has 1 amide bonds. The lowest BCUT2D eigenvalue weighted by molar-refractivity contribution is -0.117. The fraction of sp³-hybridized carbons (Fsp3) is 0.318. The van der Waals surface area contributed by atoms with Crippen molar-refractivity contribution in [3.05, 3.63) is 59.4 Å². The number of likely N-dealkylation sites (N-methyl/N-ethyl adjacent to an activating group) is 1. The predicted molar refractivity (Wildman–Crippen MR) is 111 cm³/mol. The monoisotopic (exact) mass is 365 g/mol. The first-order valence-electron chi connectivity index (χ1n) is 9.21. The fourth-order valence-electron chi connectivity index (χ4n) is 2.98. The second-order valence-electron chi connectivity index (χ2n) is 7.42. The minimum atomic E-state index is -0.137. The molecule has 0 aliphatic carbocycles. The average molecular weight is 365 g/mol. The van der Waals surface area contributed by atoms with Gasteiger partial charge in [0.05, 0.1) is 5.69 Å². The summed E-state index contributed by atoms with van der Waals surface area (Å²) < 4.78 is 5.92. The van der Waals surface area contributed by atoms with E-state index in [2.05, 4.69) is 26.0 Å². The van der Waals surface area contributed by atoms with Gasteiger partial charge in [-0.25, -0.2) is 0 Å². The lowest BCUT2D eigenvalue weighted by Crippen LogP contribution is -2.41. The van der Waals surface area contributed by atoms with Gasteiger partial charge in [0.15, 0.2) is 11.5 Å². The highest BCUT2D eigenvalue weighted by molar-refractivity contribution is 6.10. The Bertz CT molecular complexity index is 854. The highest BCUT2D eigenvalue weighted by Gasteiger charge is 2.30. The van der Waals surface area contributed by atoms with Crippen LogP contribution in [0.2, 0.25) is 0 Å². The van der Waals surface area contributed by atoms with Crippen LogP contribution >= 0.6 is 0 Å². The average Bonchev–Trinajstić information content (AvgIpc) is 2.62. The molecule has 2 aromatic carbocycles.